The molecule has 86 valence electrons. The van der Waals surface area contributed by atoms with Crippen LogP contribution in [0.4, 0.5) is 5.82 Å². The molecule has 0 aromatic carbocycles. The summed E-state index contributed by atoms with van der Waals surface area (Å²) >= 11 is 1.35. The van der Waals surface area contributed by atoms with Crippen molar-refractivity contribution in [2.45, 2.75) is 12.1 Å². The van der Waals surface area contributed by atoms with E-state index in [1.54, 1.807) is 0 Å². The van der Waals surface area contributed by atoms with Crippen LogP contribution >= 0.6 is 11.8 Å². The topological polar surface area (TPSA) is 116 Å². The van der Waals surface area contributed by atoms with Gasteiger partial charge in [-0.05, 0) is 6.26 Å². The average Bonchev–Trinajstić information content (AvgIpc) is 2.25. The highest BCUT2D eigenvalue weighted by Gasteiger charge is 2.08. The van der Waals surface area contributed by atoms with Crippen molar-refractivity contribution in [3.63, 3.8) is 0 Å². The van der Waals surface area contributed by atoms with Crippen molar-refractivity contribution in [3.05, 3.63) is 11.8 Å². The normalized spacial score (nSPS) is 11.2. The molecule has 0 amide bonds. The summed E-state index contributed by atoms with van der Waals surface area (Å²) in [7, 11) is 0. The molecule has 0 aliphatic rings. The maximum atomic E-state index is 10.5. The first-order chi connectivity index (χ1) is 7.54. The SMILES string of the molecule is CSc1ncc(/C(N)=N\OC(C)=O)c(N)n1. The summed E-state index contributed by atoms with van der Waals surface area (Å²) in [6, 6.07) is 0. The Morgan fingerprint density at radius 1 is 1.62 bits per heavy atom. The molecule has 7 nitrogen and oxygen atoms in total. The van der Waals surface area contributed by atoms with Crippen LogP contribution in [0.2, 0.25) is 0 Å². The Bertz CT molecular complexity index is 434. The van der Waals surface area contributed by atoms with Crippen LogP contribution in [0.25, 0.3) is 0 Å². The minimum Gasteiger partial charge on any atom is -0.383 e. The number of nitrogens with two attached hydrogens (primary N) is 2. The van der Waals surface area contributed by atoms with Gasteiger partial charge in [-0.1, -0.05) is 16.9 Å². The monoisotopic (exact) mass is 241 g/mol. The number of amidine groups is 1. The lowest BCUT2D eigenvalue weighted by Gasteiger charge is -2.03. The van der Waals surface area contributed by atoms with E-state index in [4.69, 9.17) is 11.5 Å². The number of aromatic nitrogens is 2. The summed E-state index contributed by atoms with van der Waals surface area (Å²) in [6.07, 6.45) is 3.25. The van der Waals surface area contributed by atoms with E-state index in [0.717, 1.165) is 0 Å². The van der Waals surface area contributed by atoms with Gasteiger partial charge in [0.25, 0.3) is 0 Å². The molecule has 1 heterocycles. The smallest absolute Gasteiger partial charge is 0.332 e. The molecule has 1 aromatic heterocycles. The van der Waals surface area contributed by atoms with Gasteiger partial charge in [0.2, 0.25) is 0 Å². The van der Waals surface area contributed by atoms with Crippen molar-refractivity contribution in [1.29, 1.82) is 0 Å². The number of nitrogens with zero attached hydrogens (tertiary/aromatic N) is 3. The maximum Gasteiger partial charge on any atom is 0.332 e. The maximum absolute atomic E-state index is 10.5. The summed E-state index contributed by atoms with van der Waals surface area (Å²) in [6.45, 7) is 1.22. The van der Waals surface area contributed by atoms with E-state index in [1.807, 2.05) is 6.26 Å². The quantitative estimate of drug-likeness (QED) is 0.190. The standard InChI is InChI=1S/C8H11N5O2S/c1-4(14)15-13-7(10)5-3-11-8(16-2)12-6(5)9/h3H,1-2H3,(H2,10,13)(H2,9,11,12). The van der Waals surface area contributed by atoms with E-state index in [9.17, 15) is 4.79 Å². The predicted octanol–water partition coefficient (Wildman–Crippen LogP) is -0.0359. The van der Waals surface area contributed by atoms with E-state index in [2.05, 4.69) is 20.0 Å². The molecule has 0 unspecified atom stereocenters. The number of carbonyl (C=O) groups is 1. The lowest BCUT2D eigenvalue weighted by Crippen LogP contribution is -2.18. The molecule has 0 spiro atoms. The van der Waals surface area contributed by atoms with Gasteiger partial charge in [-0.3, -0.25) is 0 Å². The molecule has 0 bridgehead atoms. The van der Waals surface area contributed by atoms with E-state index < -0.39 is 5.97 Å². The van der Waals surface area contributed by atoms with Gasteiger partial charge in [0, 0.05) is 13.1 Å². The highest BCUT2D eigenvalue weighted by atomic mass is 32.2. The van der Waals surface area contributed by atoms with Crippen LogP contribution in [0.15, 0.2) is 16.5 Å². The second-order valence-electron chi connectivity index (χ2n) is 2.72. The summed E-state index contributed by atoms with van der Waals surface area (Å²) in [5, 5.41) is 3.92. The number of carbonyl (C=O) groups excluding carboxylic acids is 1. The van der Waals surface area contributed by atoms with Crippen LogP contribution in [0, 0.1) is 0 Å². The molecule has 0 saturated heterocycles. The molecule has 1 rings (SSSR count). The lowest BCUT2D eigenvalue weighted by atomic mass is 10.3. The van der Waals surface area contributed by atoms with Crippen molar-refractivity contribution in [2.24, 2.45) is 10.9 Å². The van der Waals surface area contributed by atoms with Crippen molar-refractivity contribution < 1.29 is 9.63 Å². The van der Waals surface area contributed by atoms with Crippen molar-refractivity contribution in [2.75, 3.05) is 12.0 Å². The Labute approximate surface area is 96.3 Å². The van der Waals surface area contributed by atoms with Crippen molar-refractivity contribution in [1.82, 2.24) is 9.97 Å². The molecule has 1 aromatic rings. The number of hydrogen-bond donors (Lipinski definition) is 2. The Morgan fingerprint density at radius 3 is 2.81 bits per heavy atom. The fraction of sp³-hybridized carbons (Fsp3) is 0.250. The van der Waals surface area contributed by atoms with E-state index in [-0.39, 0.29) is 11.7 Å². The summed E-state index contributed by atoms with van der Waals surface area (Å²) in [5.41, 5.74) is 11.5. The molecular formula is C8H11N5O2S. The van der Waals surface area contributed by atoms with Gasteiger partial charge in [-0.15, -0.1) is 0 Å². The number of oxime groups is 1. The van der Waals surface area contributed by atoms with E-state index in [1.165, 1.54) is 24.9 Å². The highest BCUT2D eigenvalue weighted by molar-refractivity contribution is 7.98. The van der Waals surface area contributed by atoms with Gasteiger partial charge < -0.3 is 16.3 Å². The Hall–Kier alpha value is -1.83. The third-order valence-electron chi connectivity index (χ3n) is 1.53. The molecule has 8 heteroatoms. The third-order valence-corrected chi connectivity index (χ3v) is 2.09. The molecule has 0 radical (unpaired) electrons. The van der Waals surface area contributed by atoms with Crippen LogP contribution in [-0.2, 0) is 9.63 Å². The summed E-state index contributed by atoms with van der Waals surface area (Å²) < 4.78 is 0. The lowest BCUT2D eigenvalue weighted by molar-refractivity contribution is -0.140. The largest absolute Gasteiger partial charge is 0.383 e. The van der Waals surface area contributed by atoms with E-state index >= 15 is 0 Å². The fourth-order valence-corrected chi connectivity index (χ4v) is 1.18. The van der Waals surface area contributed by atoms with Crippen molar-refractivity contribution in [3.8, 4) is 0 Å². The van der Waals surface area contributed by atoms with E-state index in [0.29, 0.717) is 10.7 Å². The number of rotatable bonds is 3. The first kappa shape index (κ1) is 12.2. The van der Waals surface area contributed by atoms with Gasteiger partial charge in [-0.25, -0.2) is 14.8 Å². The molecule has 0 saturated carbocycles. The molecule has 0 atom stereocenters. The zero-order valence-corrected chi connectivity index (χ0v) is 9.61. The van der Waals surface area contributed by atoms with Gasteiger partial charge >= 0.3 is 5.97 Å². The molecule has 0 fully saturated rings. The molecule has 0 aliphatic heterocycles. The van der Waals surface area contributed by atoms with Crippen LogP contribution in [0.5, 0.6) is 0 Å². The zero-order valence-electron chi connectivity index (χ0n) is 8.80. The molecule has 4 N–H and O–H groups in total. The molecule has 16 heavy (non-hydrogen) atoms. The molecular weight excluding hydrogens is 230 g/mol. The van der Waals surface area contributed by atoms with Gasteiger partial charge in [0.05, 0.1) is 5.56 Å². The van der Waals surface area contributed by atoms with Gasteiger partial charge in [0.15, 0.2) is 11.0 Å². The number of nitrogen functional groups attached to an aromatic ring is 1. The van der Waals surface area contributed by atoms with Crippen LogP contribution in [-0.4, -0.2) is 28.0 Å². The van der Waals surface area contributed by atoms with Crippen LogP contribution < -0.4 is 11.5 Å². The second kappa shape index (κ2) is 5.31. The number of hydrogen-bond acceptors (Lipinski definition) is 7. The number of anilines is 1. The minimum atomic E-state index is -0.567. The Morgan fingerprint density at radius 2 is 2.31 bits per heavy atom. The first-order valence-corrected chi connectivity index (χ1v) is 5.45. The van der Waals surface area contributed by atoms with Crippen LogP contribution in [0.3, 0.4) is 0 Å². The Kier molecular flexibility index (Phi) is 4.06. The fourth-order valence-electron chi connectivity index (χ4n) is 0.836. The minimum absolute atomic E-state index is 0.0413. The second-order valence-corrected chi connectivity index (χ2v) is 3.49. The molecule has 0 aliphatic carbocycles. The highest BCUT2D eigenvalue weighted by Crippen LogP contribution is 2.13. The number of thioether (sulfide) groups is 1. The predicted molar refractivity (Wildman–Crippen MR) is 60.7 cm³/mol. The summed E-state index contributed by atoms with van der Waals surface area (Å²) in [5.74, 6) is -0.420. The van der Waals surface area contributed by atoms with Gasteiger partial charge in [-0.2, -0.15) is 0 Å². The van der Waals surface area contributed by atoms with Gasteiger partial charge in [0.1, 0.15) is 5.82 Å². The van der Waals surface area contributed by atoms with Crippen LogP contribution in [0.1, 0.15) is 12.5 Å². The third kappa shape index (κ3) is 3.09. The average molecular weight is 241 g/mol. The first-order valence-electron chi connectivity index (χ1n) is 4.22. The van der Waals surface area contributed by atoms with Crippen molar-refractivity contribution >= 4 is 29.4 Å². The zero-order chi connectivity index (χ0) is 12.1. The summed E-state index contributed by atoms with van der Waals surface area (Å²) in [4.78, 5) is 22.8. The Balaban J connectivity index is 2.95.